The molecule has 5 nitrogen and oxygen atoms in total. The number of allylic oxidation sites excluding steroid dienone is 1. The van der Waals surface area contributed by atoms with Crippen LogP contribution in [0.25, 0.3) is 0 Å². The first-order valence-corrected chi connectivity index (χ1v) is 7.20. The van der Waals surface area contributed by atoms with E-state index in [4.69, 9.17) is 13.0 Å². The standard InChI is InChI=1S/C10H17N2.CHF3O3S/c1-3-5-7-12-9-8-11(10-12)6-4-2;2-1(3,4)8(5,6)7/h4,8-10H,2-3,5-7H2,1H3;(H,5,6,7)/q+1;/p-1. The maximum absolute atomic E-state index is 10.7. The zero-order valence-corrected chi connectivity index (χ0v) is 11.8. The molecule has 0 aliphatic carbocycles. The predicted octanol–water partition coefficient (Wildman–Crippen LogP) is 1.81. The van der Waals surface area contributed by atoms with E-state index in [-0.39, 0.29) is 0 Å². The number of hydrogen-bond acceptors (Lipinski definition) is 3. The molecule has 1 rings (SSSR count). The maximum Gasteiger partial charge on any atom is 0.485 e. The van der Waals surface area contributed by atoms with Gasteiger partial charge in [-0.25, -0.2) is 17.6 Å². The number of imidazole rings is 1. The van der Waals surface area contributed by atoms with Crippen molar-refractivity contribution in [2.75, 3.05) is 0 Å². The molecule has 0 fully saturated rings. The Bertz CT molecular complexity index is 509. The van der Waals surface area contributed by atoms with Crippen LogP contribution >= 0.6 is 0 Å². The maximum atomic E-state index is 10.7. The minimum atomic E-state index is -6.09. The SMILES string of the molecule is C=CCn1cc[n+](CCCC)c1.O=S(=O)([O-])C(F)(F)F. The van der Waals surface area contributed by atoms with Crippen LogP contribution in [0.1, 0.15) is 19.8 Å². The number of nitrogens with zero attached hydrogens (tertiary/aromatic N) is 2. The molecule has 0 aliphatic heterocycles. The molecule has 0 spiro atoms. The van der Waals surface area contributed by atoms with Gasteiger partial charge in [-0.3, -0.25) is 0 Å². The molecule has 116 valence electrons. The van der Waals surface area contributed by atoms with Crippen LogP contribution in [0, 0.1) is 0 Å². The van der Waals surface area contributed by atoms with Crippen molar-refractivity contribution in [2.45, 2.75) is 38.4 Å². The van der Waals surface area contributed by atoms with Gasteiger partial charge >= 0.3 is 5.51 Å². The summed E-state index contributed by atoms with van der Waals surface area (Å²) < 4.78 is 63.2. The average Bonchev–Trinajstić information content (AvgIpc) is 2.73. The van der Waals surface area contributed by atoms with Crippen LogP contribution in [0.15, 0.2) is 31.4 Å². The van der Waals surface area contributed by atoms with Crippen LogP contribution in [0.3, 0.4) is 0 Å². The van der Waals surface area contributed by atoms with Crippen LogP contribution in [0.4, 0.5) is 13.2 Å². The van der Waals surface area contributed by atoms with Gasteiger partial charge in [-0.15, -0.1) is 0 Å². The predicted molar refractivity (Wildman–Crippen MR) is 65.5 cm³/mol. The average molecular weight is 314 g/mol. The van der Waals surface area contributed by atoms with E-state index in [1.54, 1.807) is 0 Å². The first-order valence-electron chi connectivity index (χ1n) is 5.79. The Morgan fingerprint density at radius 2 is 2.00 bits per heavy atom. The van der Waals surface area contributed by atoms with E-state index in [1.807, 2.05) is 6.08 Å². The molecule has 0 bridgehead atoms. The van der Waals surface area contributed by atoms with Gasteiger partial charge in [0, 0.05) is 0 Å². The topological polar surface area (TPSA) is 66.0 Å². The lowest BCUT2D eigenvalue weighted by Crippen LogP contribution is -2.30. The number of alkyl halides is 3. The monoisotopic (exact) mass is 314 g/mol. The Morgan fingerprint density at radius 3 is 2.40 bits per heavy atom. The fourth-order valence-corrected chi connectivity index (χ4v) is 1.17. The first-order chi connectivity index (χ1) is 9.11. The van der Waals surface area contributed by atoms with Gasteiger partial charge in [0.15, 0.2) is 10.1 Å². The van der Waals surface area contributed by atoms with Gasteiger partial charge in [0.25, 0.3) is 0 Å². The molecule has 0 N–H and O–H groups in total. The molecule has 0 aromatic carbocycles. The van der Waals surface area contributed by atoms with Crippen molar-refractivity contribution >= 4 is 10.1 Å². The van der Waals surface area contributed by atoms with Gasteiger partial charge in [-0.05, 0) is 6.42 Å². The Labute approximate surface area is 116 Å². The Balaban J connectivity index is 0.000000396. The molecule has 0 unspecified atom stereocenters. The van der Waals surface area contributed by atoms with E-state index >= 15 is 0 Å². The summed E-state index contributed by atoms with van der Waals surface area (Å²) in [6.45, 7) is 7.93. The van der Waals surface area contributed by atoms with Crippen molar-refractivity contribution < 1.29 is 30.7 Å². The van der Waals surface area contributed by atoms with Crippen LogP contribution in [0.2, 0.25) is 0 Å². The van der Waals surface area contributed by atoms with Gasteiger partial charge in [0.05, 0.1) is 6.54 Å². The zero-order valence-electron chi connectivity index (χ0n) is 11.0. The molecule has 1 aromatic heterocycles. The Hall–Kier alpha value is -1.35. The van der Waals surface area contributed by atoms with Gasteiger partial charge in [-0.1, -0.05) is 26.0 Å². The minimum absolute atomic E-state index is 0.902. The van der Waals surface area contributed by atoms with E-state index in [9.17, 15) is 13.2 Å². The van der Waals surface area contributed by atoms with E-state index < -0.39 is 15.6 Å². The highest BCUT2D eigenvalue weighted by atomic mass is 32.2. The fourth-order valence-electron chi connectivity index (χ4n) is 1.17. The minimum Gasteiger partial charge on any atom is -0.741 e. The molecule has 0 aliphatic rings. The van der Waals surface area contributed by atoms with Gasteiger partial charge < -0.3 is 4.55 Å². The molecular weight excluding hydrogens is 297 g/mol. The molecule has 20 heavy (non-hydrogen) atoms. The molecule has 0 saturated carbocycles. The Kier molecular flexibility index (Phi) is 7.51. The highest BCUT2D eigenvalue weighted by Gasteiger charge is 2.36. The highest BCUT2D eigenvalue weighted by Crippen LogP contribution is 2.20. The van der Waals surface area contributed by atoms with Gasteiger partial charge in [0.2, 0.25) is 6.33 Å². The van der Waals surface area contributed by atoms with E-state index in [0.717, 1.165) is 13.1 Å². The number of hydrogen-bond donors (Lipinski definition) is 0. The molecule has 0 atom stereocenters. The molecule has 9 heteroatoms. The largest absolute Gasteiger partial charge is 0.741 e. The third kappa shape index (κ3) is 7.29. The molecule has 0 amide bonds. The number of rotatable bonds is 5. The third-order valence-corrected chi connectivity index (χ3v) is 2.71. The van der Waals surface area contributed by atoms with E-state index in [2.05, 4.69) is 41.4 Å². The van der Waals surface area contributed by atoms with Crippen LogP contribution < -0.4 is 4.57 Å². The number of aromatic nitrogens is 2. The van der Waals surface area contributed by atoms with Crippen molar-refractivity contribution in [3.05, 3.63) is 31.4 Å². The quantitative estimate of drug-likeness (QED) is 0.360. The summed E-state index contributed by atoms with van der Waals surface area (Å²) in [6.07, 6.45) is 10.7. The van der Waals surface area contributed by atoms with Gasteiger partial charge in [0.1, 0.15) is 18.9 Å². The van der Waals surface area contributed by atoms with E-state index in [0.29, 0.717) is 0 Å². The van der Waals surface area contributed by atoms with Crippen LogP contribution in [0.5, 0.6) is 0 Å². The van der Waals surface area contributed by atoms with Crippen molar-refractivity contribution in [1.82, 2.24) is 4.57 Å². The number of aryl methyl sites for hydroxylation is 1. The normalized spacial score (nSPS) is 11.7. The second-order valence-electron chi connectivity index (χ2n) is 3.89. The zero-order chi connectivity index (χ0) is 15.8. The van der Waals surface area contributed by atoms with E-state index in [1.165, 1.54) is 12.8 Å². The Morgan fingerprint density at radius 1 is 1.45 bits per heavy atom. The summed E-state index contributed by atoms with van der Waals surface area (Å²) in [5, 5.41) is 0. The second-order valence-corrected chi connectivity index (χ2v) is 5.26. The third-order valence-electron chi connectivity index (χ3n) is 2.14. The smallest absolute Gasteiger partial charge is 0.485 e. The molecular formula is C11H17F3N2O3S. The summed E-state index contributed by atoms with van der Waals surface area (Å²) >= 11 is 0. The van der Waals surface area contributed by atoms with Crippen LogP contribution in [-0.4, -0.2) is 23.0 Å². The highest BCUT2D eigenvalue weighted by molar-refractivity contribution is 7.86. The van der Waals surface area contributed by atoms with Crippen molar-refractivity contribution in [2.24, 2.45) is 0 Å². The van der Waals surface area contributed by atoms with Crippen molar-refractivity contribution in [1.29, 1.82) is 0 Å². The number of halogens is 3. The first kappa shape index (κ1) is 18.7. The number of unbranched alkanes of at least 4 members (excludes halogenated alkanes) is 1. The second kappa shape index (κ2) is 8.05. The molecule has 0 radical (unpaired) electrons. The lowest BCUT2D eigenvalue weighted by atomic mass is 10.3. The van der Waals surface area contributed by atoms with Crippen molar-refractivity contribution in [3.63, 3.8) is 0 Å². The molecule has 1 aromatic rings. The van der Waals surface area contributed by atoms with Crippen LogP contribution in [-0.2, 0) is 23.2 Å². The summed E-state index contributed by atoms with van der Waals surface area (Å²) in [5.41, 5.74) is -5.65. The molecule has 0 saturated heterocycles. The summed E-state index contributed by atoms with van der Waals surface area (Å²) in [4.78, 5) is 0. The lowest BCUT2D eigenvalue weighted by Gasteiger charge is -2.08. The lowest BCUT2D eigenvalue weighted by molar-refractivity contribution is -0.696. The van der Waals surface area contributed by atoms with Crippen molar-refractivity contribution in [3.8, 4) is 0 Å². The summed E-state index contributed by atoms with van der Waals surface area (Å²) in [5.74, 6) is 0. The summed E-state index contributed by atoms with van der Waals surface area (Å²) in [7, 11) is -6.09. The van der Waals surface area contributed by atoms with Gasteiger partial charge in [-0.2, -0.15) is 13.2 Å². The summed E-state index contributed by atoms with van der Waals surface area (Å²) in [6, 6.07) is 0. The fraction of sp³-hybridized carbons (Fsp3) is 0.545. The molecule has 1 heterocycles.